The van der Waals surface area contributed by atoms with E-state index in [0.29, 0.717) is 35.9 Å². The van der Waals surface area contributed by atoms with Gasteiger partial charge in [-0.1, -0.05) is 0 Å². The maximum absolute atomic E-state index is 12.7. The van der Waals surface area contributed by atoms with Gasteiger partial charge in [-0.3, -0.25) is 14.4 Å². The Bertz CT molecular complexity index is 976. The van der Waals surface area contributed by atoms with Crippen LogP contribution >= 0.6 is 11.3 Å². The number of aromatic nitrogens is 2. The van der Waals surface area contributed by atoms with E-state index in [-0.39, 0.29) is 24.1 Å². The number of anilines is 2. The monoisotopic (exact) mass is 414 g/mol. The lowest BCUT2D eigenvalue weighted by molar-refractivity contribution is -0.137. The Morgan fingerprint density at radius 2 is 2.14 bits per heavy atom. The zero-order chi connectivity index (χ0) is 20.6. The van der Waals surface area contributed by atoms with Crippen molar-refractivity contribution in [2.24, 2.45) is 0 Å². The molecule has 10 heteroatoms. The van der Waals surface area contributed by atoms with Gasteiger partial charge >= 0.3 is 0 Å². The highest BCUT2D eigenvalue weighted by Gasteiger charge is 2.42. The fourth-order valence-electron chi connectivity index (χ4n) is 3.68. The van der Waals surface area contributed by atoms with Gasteiger partial charge in [0.25, 0.3) is 5.91 Å². The van der Waals surface area contributed by atoms with E-state index in [1.54, 1.807) is 36.4 Å². The van der Waals surface area contributed by atoms with Crippen molar-refractivity contribution < 1.29 is 14.4 Å². The lowest BCUT2D eigenvalue weighted by Gasteiger charge is -2.39. The number of carbonyl (C=O) groups is 3. The molecule has 2 aliphatic heterocycles. The highest BCUT2D eigenvalue weighted by molar-refractivity contribution is 7.15. The van der Waals surface area contributed by atoms with E-state index >= 15 is 0 Å². The quantitative estimate of drug-likeness (QED) is 0.704. The highest BCUT2D eigenvalue weighted by atomic mass is 32.1. The van der Waals surface area contributed by atoms with Gasteiger partial charge in [0, 0.05) is 36.7 Å². The van der Waals surface area contributed by atoms with Gasteiger partial charge in [-0.2, -0.15) is 0 Å². The van der Waals surface area contributed by atoms with Gasteiger partial charge in [0.05, 0.1) is 5.56 Å². The van der Waals surface area contributed by atoms with Crippen LogP contribution in [-0.2, 0) is 9.59 Å². The Morgan fingerprint density at radius 3 is 2.90 bits per heavy atom. The molecule has 9 nitrogen and oxygen atoms in total. The third-order valence-corrected chi connectivity index (χ3v) is 6.15. The van der Waals surface area contributed by atoms with Crippen molar-refractivity contribution in [2.75, 3.05) is 17.2 Å². The molecule has 0 saturated carbocycles. The molecule has 0 bridgehead atoms. The van der Waals surface area contributed by atoms with Gasteiger partial charge in [-0.15, -0.1) is 11.3 Å². The number of carbonyl (C=O) groups excluding carboxylic acids is 3. The maximum Gasteiger partial charge on any atom is 0.256 e. The molecule has 2 aromatic heterocycles. The summed E-state index contributed by atoms with van der Waals surface area (Å²) in [5, 5.41) is 9.59. The van der Waals surface area contributed by atoms with Gasteiger partial charge < -0.3 is 20.9 Å². The Morgan fingerprint density at radius 1 is 1.31 bits per heavy atom. The minimum Gasteiger partial charge on any atom is -0.347 e. The number of likely N-dealkylation sites (tertiary alicyclic amines) is 1. The number of fused-ring (bicyclic) bond motifs is 1. The largest absolute Gasteiger partial charge is 0.347 e. The van der Waals surface area contributed by atoms with Crippen LogP contribution in [0.5, 0.6) is 0 Å². The maximum atomic E-state index is 12.7. The molecule has 3 N–H and O–H groups in total. The van der Waals surface area contributed by atoms with Crippen molar-refractivity contribution in [1.82, 2.24) is 20.2 Å². The second kappa shape index (κ2) is 7.43. The molecule has 0 aromatic carbocycles. The van der Waals surface area contributed by atoms with Crippen molar-refractivity contribution >= 4 is 40.0 Å². The number of nitrogens with zero attached hydrogens (tertiary/aromatic N) is 3. The van der Waals surface area contributed by atoms with Crippen molar-refractivity contribution in [3.05, 3.63) is 35.0 Å². The highest BCUT2D eigenvalue weighted by Crippen LogP contribution is 2.31. The molecule has 152 valence electrons. The van der Waals surface area contributed by atoms with Gasteiger partial charge in [0.2, 0.25) is 11.8 Å². The number of pyridine rings is 1. The fourth-order valence-corrected chi connectivity index (χ4v) is 4.35. The van der Waals surface area contributed by atoms with Gasteiger partial charge in [-0.05, 0) is 32.4 Å². The molecule has 0 radical (unpaired) electrons. The van der Waals surface area contributed by atoms with Crippen LogP contribution in [0.2, 0.25) is 0 Å². The van der Waals surface area contributed by atoms with Crippen molar-refractivity contribution in [3.63, 3.8) is 0 Å². The predicted molar refractivity (Wildman–Crippen MR) is 109 cm³/mol. The van der Waals surface area contributed by atoms with Crippen LogP contribution in [0, 0.1) is 6.92 Å². The fraction of sp³-hybridized carbons (Fsp3) is 0.421. The molecular formula is C19H22N6O3S. The molecule has 0 aliphatic carbocycles. The summed E-state index contributed by atoms with van der Waals surface area (Å²) in [6, 6.07) is 2.77. The summed E-state index contributed by atoms with van der Waals surface area (Å²) < 4.78 is 0. The Kier molecular flexibility index (Phi) is 4.95. The van der Waals surface area contributed by atoms with Crippen LogP contribution in [0.4, 0.5) is 10.9 Å². The second-order valence-corrected chi connectivity index (χ2v) is 8.57. The summed E-state index contributed by atoms with van der Waals surface area (Å²) in [5.41, 5.74) is -0.275. The van der Waals surface area contributed by atoms with E-state index in [2.05, 4.69) is 25.9 Å². The molecule has 1 spiro atoms. The summed E-state index contributed by atoms with van der Waals surface area (Å²) in [5.74, 6) is -0.0984. The van der Waals surface area contributed by atoms with E-state index in [1.807, 2.05) is 6.92 Å². The molecule has 2 aromatic rings. The van der Waals surface area contributed by atoms with Crippen LogP contribution in [0.25, 0.3) is 0 Å². The first-order valence-electron chi connectivity index (χ1n) is 9.45. The second-order valence-electron chi connectivity index (χ2n) is 7.34. The summed E-state index contributed by atoms with van der Waals surface area (Å²) in [6.45, 7) is 3.95. The molecule has 3 amide bonds. The standard InChI is InChI=1S/C19H22N6O3S/c1-11-10-21-18(29-11)22-16(27)12(2)25-9-7-19(6-5-14(25)26)23-15-13(17(28)24-19)4-3-8-20-15/h3-4,8,10,12H,5-7,9H2,1-2H3,(H,20,23)(H,24,28)(H,21,22,27). The molecule has 2 atom stereocenters. The number of aryl methyl sites for hydroxylation is 1. The van der Waals surface area contributed by atoms with Crippen LogP contribution in [0.15, 0.2) is 24.5 Å². The molecule has 29 heavy (non-hydrogen) atoms. The number of rotatable bonds is 3. The normalized spacial score (nSPS) is 22.3. The number of nitrogens with one attached hydrogen (secondary N) is 3. The number of hydrogen-bond donors (Lipinski definition) is 3. The first-order valence-corrected chi connectivity index (χ1v) is 10.3. The van der Waals surface area contributed by atoms with Crippen LogP contribution in [-0.4, -0.2) is 50.8 Å². The van der Waals surface area contributed by atoms with E-state index in [9.17, 15) is 14.4 Å². The third kappa shape index (κ3) is 3.80. The van der Waals surface area contributed by atoms with Crippen LogP contribution in [0.1, 0.15) is 41.4 Å². The van der Waals surface area contributed by atoms with Crippen LogP contribution in [0.3, 0.4) is 0 Å². The Labute approximate surface area is 171 Å². The number of hydrogen-bond acceptors (Lipinski definition) is 7. The smallest absolute Gasteiger partial charge is 0.256 e. The summed E-state index contributed by atoms with van der Waals surface area (Å²) >= 11 is 1.39. The minimum atomic E-state index is -0.758. The molecule has 2 aliphatic rings. The van der Waals surface area contributed by atoms with Gasteiger partial charge in [-0.25, -0.2) is 9.97 Å². The first kappa shape index (κ1) is 19.3. The number of thiazole rings is 1. The lowest BCUT2D eigenvalue weighted by atomic mass is 9.97. The number of amides is 3. The molecule has 4 heterocycles. The summed E-state index contributed by atoms with van der Waals surface area (Å²) in [4.78, 5) is 48.9. The molecule has 4 rings (SSSR count). The zero-order valence-corrected chi connectivity index (χ0v) is 17.0. The van der Waals surface area contributed by atoms with E-state index in [4.69, 9.17) is 0 Å². The van der Waals surface area contributed by atoms with Gasteiger partial charge in [0.15, 0.2) is 5.13 Å². The molecule has 1 fully saturated rings. The lowest BCUT2D eigenvalue weighted by Crippen LogP contribution is -2.58. The van der Waals surface area contributed by atoms with E-state index in [0.717, 1.165) is 4.88 Å². The van der Waals surface area contributed by atoms with Crippen molar-refractivity contribution in [3.8, 4) is 0 Å². The van der Waals surface area contributed by atoms with E-state index < -0.39 is 11.7 Å². The van der Waals surface area contributed by atoms with Crippen molar-refractivity contribution in [1.29, 1.82) is 0 Å². The predicted octanol–water partition coefficient (Wildman–Crippen LogP) is 1.74. The third-order valence-electron chi connectivity index (χ3n) is 5.33. The summed E-state index contributed by atoms with van der Waals surface area (Å²) in [6.07, 6.45) is 4.41. The Balaban J connectivity index is 1.48. The summed E-state index contributed by atoms with van der Waals surface area (Å²) in [7, 11) is 0. The van der Waals surface area contributed by atoms with Gasteiger partial charge in [0.1, 0.15) is 17.5 Å². The van der Waals surface area contributed by atoms with E-state index in [1.165, 1.54) is 11.3 Å². The molecular weight excluding hydrogens is 392 g/mol. The molecule has 2 unspecified atom stereocenters. The SMILES string of the molecule is Cc1cnc(NC(=O)C(C)N2CCC3(CCC2=O)NC(=O)c2cccnc2N3)s1. The molecule has 1 saturated heterocycles. The average Bonchev–Trinajstić information content (AvgIpc) is 3.04. The first-order chi connectivity index (χ1) is 13.9. The average molecular weight is 414 g/mol. The minimum absolute atomic E-state index is 0.122. The Hall–Kier alpha value is -3.01. The zero-order valence-electron chi connectivity index (χ0n) is 16.2. The van der Waals surface area contributed by atoms with Crippen molar-refractivity contribution in [2.45, 2.75) is 44.8 Å². The topological polar surface area (TPSA) is 116 Å². The van der Waals surface area contributed by atoms with Crippen LogP contribution < -0.4 is 16.0 Å².